The third-order valence-electron chi connectivity index (χ3n) is 2.84. The monoisotopic (exact) mass is 224 g/mol. The molecule has 1 aliphatic rings. The van der Waals surface area contributed by atoms with E-state index in [0.717, 1.165) is 26.2 Å². The maximum absolute atomic E-state index is 5.74. The van der Waals surface area contributed by atoms with E-state index in [1.807, 2.05) is 19.3 Å². The van der Waals surface area contributed by atoms with Gasteiger partial charge in [-0.2, -0.15) is 0 Å². The zero-order valence-corrected chi connectivity index (χ0v) is 10.9. The van der Waals surface area contributed by atoms with Gasteiger partial charge in [0.2, 0.25) is 0 Å². The second-order valence-corrected chi connectivity index (χ2v) is 4.77. The molecule has 0 N–H and O–H groups in total. The summed E-state index contributed by atoms with van der Waals surface area (Å²) in [6.07, 6.45) is 4.15. The molecule has 1 rings (SSSR count). The van der Waals surface area contributed by atoms with Gasteiger partial charge in [-0.25, -0.2) is 0 Å². The van der Waals surface area contributed by atoms with Crippen LogP contribution in [0.5, 0.6) is 0 Å². The molecule has 0 aromatic carbocycles. The Kier molecular flexibility index (Phi) is 5.71. The van der Waals surface area contributed by atoms with E-state index in [-0.39, 0.29) is 0 Å². The Morgan fingerprint density at radius 3 is 2.94 bits per heavy atom. The second kappa shape index (κ2) is 6.81. The van der Waals surface area contributed by atoms with E-state index in [9.17, 15) is 0 Å². The number of ether oxygens (including phenoxy) is 1. The molecule has 92 valence electrons. The molecule has 0 spiro atoms. The van der Waals surface area contributed by atoms with Gasteiger partial charge in [-0.05, 0) is 25.3 Å². The van der Waals surface area contributed by atoms with Crippen LogP contribution in [0, 0.1) is 5.92 Å². The van der Waals surface area contributed by atoms with Crippen molar-refractivity contribution in [1.29, 1.82) is 0 Å². The van der Waals surface area contributed by atoms with Gasteiger partial charge in [-0.15, -0.1) is 0 Å². The number of aliphatic imine (C=N–C) groups is 1. The molecule has 0 radical (unpaired) electrons. The maximum Gasteiger partial charge on any atom is 0.0725 e. The van der Waals surface area contributed by atoms with Crippen LogP contribution in [0.25, 0.3) is 0 Å². The molecule has 3 heteroatoms. The first-order chi connectivity index (χ1) is 7.63. The summed E-state index contributed by atoms with van der Waals surface area (Å²) < 4.78 is 5.74. The molecular weight excluding hydrogens is 200 g/mol. The fourth-order valence-electron chi connectivity index (χ4n) is 1.87. The van der Waals surface area contributed by atoms with Crippen LogP contribution in [0.3, 0.4) is 0 Å². The SMILES string of the molecule is CC=N/C=C(/C)CN1CCOC(C(C)C)C1. The van der Waals surface area contributed by atoms with Crippen LogP contribution in [-0.4, -0.2) is 43.5 Å². The molecule has 1 atom stereocenters. The highest BCUT2D eigenvalue weighted by Gasteiger charge is 2.22. The summed E-state index contributed by atoms with van der Waals surface area (Å²) in [6, 6.07) is 0. The molecule has 0 bridgehead atoms. The Labute approximate surface area is 99.2 Å². The van der Waals surface area contributed by atoms with E-state index >= 15 is 0 Å². The molecule has 3 nitrogen and oxygen atoms in total. The van der Waals surface area contributed by atoms with Crippen LogP contribution < -0.4 is 0 Å². The topological polar surface area (TPSA) is 24.8 Å². The average molecular weight is 224 g/mol. The molecule has 0 aliphatic carbocycles. The summed E-state index contributed by atoms with van der Waals surface area (Å²) in [6.45, 7) is 12.4. The minimum atomic E-state index is 0.385. The Balaban J connectivity index is 2.42. The second-order valence-electron chi connectivity index (χ2n) is 4.77. The predicted octanol–water partition coefficient (Wildman–Crippen LogP) is 2.34. The lowest BCUT2D eigenvalue weighted by Gasteiger charge is -2.34. The molecule has 0 amide bonds. The Morgan fingerprint density at radius 2 is 2.31 bits per heavy atom. The quantitative estimate of drug-likeness (QED) is 0.685. The van der Waals surface area contributed by atoms with Crippen LogP contribution in [0.1, 0.15) is 27.7 Å². The maximum atomic E-state index is 5.74. The van der Waals surface area contributed by atoms with Crippen LogP contribution >= 0.6 is 0 Å². The van der Waals surface area contributed by atoms with Crippen LogP contribution in [0.15, 0.2) is 16.8 Å². The number of morpholine rings is 1. The molecule has 1 heterocycles. The Bertz CT molecular complexity index is 259. The predicted molar refractivity (Wildman–Crippen MR) is 68.9 cm³/mol. The van der Waals surface area contributed by atoms with E-state index in [0.29, 0.717) is 12.0 Å². The van der Waals surface area contributed by atoms with Crippen molar-refractivity contribution in [2.45, 2.75) is 33.8 Å². The van der Waals surface area contributed by atoms with Crippen LogP contribution in [0.4, 0.5) is 0 Å². The molecule has 16 heavy (non-hydrogen) atoms. The van der Waals surface area contributed by atoms with Gasteiger partial charge in [0, 0.05) is 32.0 Å². The molecule has 0 saturated carbocycles. The smallest absolute Gasteiger partial charge is 0.0725 e. The van der Waals surface area contributed by atoms with Gasteiger partial charge in [0.1, 0.15) is 0 Å². The van der Waals surface area contributed by atoms with Gasteiger partial charge < -0.3 is 4.74 Å². The summed E-state index contributed by atoms with van der Waals surface area (Å²) in [5.74, 6) is 0.598. The minimum Gasteiger partial charge on any atom is -0.375 e. The first kappa shape index (κ1) is 13.4. The van der Waals surface area contributed by atoms with Crippen molar-refractivity contribution in [2.75, 3.05) is 26.2 Å². The average Bonchev–Trinajstić information content (AvgIpc) is 2.26. The minimum absolute atomic E-state index is 0.385. The van der Waals surface area contributed by atoms with Crippen molar-refractivity contribution in [3.63, 3.8) is 0 Å². The van der Waals surface area contributed by atoms with Crippen LogP contribution in [0.2, 0.25) is 0 Å². The third-order valence-corrected chi connectivity index (χ3v) is 2.84. The summed E-state index contributed by atoms with van der Waals surface area (Å²) in [7, 11) is 0. The molecule has 0 aromatic rings. The van der Waals surface area contributed by atoms with E-state index in [4.69, 9.17) is 4.74 Å². The van der Waals surface area contributed by atoms with Gasteiger partial charge >= 0.3 is 0 Å². The zero-order chi connectivity index (χ0) is 12.0. The first-order valence-electron chi connectivity index (χ1n) is 6.11. The Hall–Kier alpha value is -0.670. The van der Waals surface area contributed by atoms with Crippen molar-refractivity contribution in [3.8, 4) is 0 Å². The highest BCUT2D eigenvalue weighted by molar-refractivity contribution is 5.54. The van der Waals surface area contributed by atoms with E-state index in [2.05, 4.69) is 30.7 Å². The van der Waals surface area contributed by atoms with Gasteiger partial charge in [-0.1, -0.05) is 13.8 Å². The number of rotatable bonds is 4. The van der Waals surface area contributed by atoms with Crippen molar-refractivity contribution >= 4 is 6.21 Å². The summed E-state index contributed by atoms with van der Waals surface area (Å²) >= 11 is 0. The van der Waals surface area contributed by atoms with Gasteiger partial charge in [0.25, 0.3) is 0 Å². The van der Waals surface area contributed by atoms with Crippen molar-refractivity contribution in [1.82, 2.24) is 4.90 Å². The highest BCUT2D eigenvalue weighted by Crippen LogP contribution is 2.14. The largest absolute Gasteiger partial charge is 0.375 e. The zero-order valence-electron chi connectivity index (χ0n) is 10.9. The lowest BCUT2D eigenvalue weighted by molar-refractivity contribution is -0.0476. The van der Waals surface area contributed by atoms with Gasteiger partial charge in [0.05, 0.1) is 12.7 Å². The molecule has 1 aliphatic heterocycles. The summed E-state index contributed by atoms with van der Waals surface area (Å²) in [4.78, 5) is 6.60. The lowest BCUT2D eigenvalue weighted by atomic mass is 10.1. The number of hydrogen-bond acceptors (Lipinski definition) is 3. The highest BCUT2D eigenvalue weighted by atomic mass is 16.5. The van der Waals surface area contributed by atoms with Crippen molar-refractivity contribution in [3.05, 3.63) is 11.8 Å². The summed E-state index contributed by atoms with van der Waals surface area (Å²) in [5, 5.41) is 0. The molecule has 1 unspecified atom stereocenters. The third kappa shape index (κ3) is 4.45. The van der Waals surface area contributed by atoms with E-state index < -0.39 is 0 Å². The lowest BCUT2D eigenvalue weighted by Crippen LogP contribution is -2.45. The standard InChI is InChI=1S/C13H24N2O/c1-5-14-8-12(4)9-15-6-7-16-13(10-15)11(2)3/h5,8,11,13H,6-7,9-10H2,1-4H3/b12-8-,14-5?. The van der Waals surface area contributed by atoms with Crippen molar-refractivity contribution < 1.29 is 4.74 Å². The van der Waals surface area contributed by atoms with E-state index in [1.54, 1.807) is 0 Å². The molecule has 0 aromatic heterocycles. The fraction of sp³-hybridized carbons (Fsp3) is 0.769. The van der Waals surface area contributed by atoms with E-state index in [1.165, 1.54) is 5.57 Å². The van der Waals surface area contributed by atoms with Gasteiger partial charge in [0.15, 0.2) is 0 Å². The number of hydrogen-bond donors (Lipinski definition) is 0. The molecule has 1 saturated heterocycles. The first-order valence-corrected chi connectivity index (χ1v) is 6.11. The normalized spacial score (nSPS) is 24.6. The Morgan fingerprint density at radius 1 is 1.56 bits per heavy atom. The fourth-order valence-corrected chi connectivity index (χ4v) is 1.87. The number of nitrogens with zero attached hydrogens (tertiary/aromatic N) is 2. The molecule has 1 fully saturated rings. The summed E-state index contributed by atoms with van der Waals surface area (Å²) in [5.41, 5.74) is 1.31. The van der Waals surface area contributed by atoms with Crippen molar-refractivity contribution in [2.24, 2.45) is 10.9 Å². The molecular formula is C13H24N2O. The van der Waals surface area contributed by atoms with Gasteiger partial charge in [-0.3, -0.25) is 9.89 Å². The van der Waals surface area contributed by atoms with Crippen LogP contribution in [-0.2, 0) is 4.74 Å².